The largest absolute Gasteiger partial charge is 0.357 e. The third-order valence-electron chi connectivity index (χ3n) is 5.25. The van der Waals surface area contributed by atoms with Crippen LogP contribution in [-0.2, 0) is 0 Å². The average Bonchev–Trinajstić information content (AvgIpc) is 3.32. The van der Waals surface area contributed by atoms with Crippen molar-refractivity contribution in [1.29, 1.82) is 0 Å². The lowest BCUT2D eigenvalue weighted by Gasteiger charge is -2.21. The second-order valence-corrected chi connectivity index (χ2v) is 6.91. The molecule has 1 fully saturated rings. The molecule has 4 rings (SSSR count). The molecule has 0 aliphatic carbocycles. The smallest absolute Gasteiger partial charge is 0.270 e. The molecule has 3 atom stereocenters. The fourth-order valence-electron chi connectivity index (χ4n) is 3.74. The number of aromatic nitrogens is 1. The number of amides is 1. The number of hydrogen-bond donors (Lipinski definition) is 2. The van der Waals surface area contributed by atoms with Crippen molar-refractivity contribution in [2.75, 3.05) is 27.2 Å². The molecule has 3 aliphatic rings. The van der Waals surface area contributed by atoms with Crippen LogP contribution in [-0.4, -0.2) is 59.8 Å². The van der Waals surface area contributed by atoms with Gasteiger partial charge in [0.25, 0.3) is 5.91 Å². The molecule has 126 valence electrons. The van der Waals surface area contributed by atoms with Crippen molar-refractivity contribution in [3.63, 3.8) is 0 Å². The number of amidine groups is 1. The van der Waals surface area contributed by atoms with E-state index >= 15 is 0 Å². The summed E-state index contributed by atoms with van der Waals surface area (Å²) < 4.78 is 0. The highest BCUT2D eigenvalue weighted by Crippen LogP contribution is 2.33. The van der Waals surface area contributed by atoms with Crippen LogP contribution in [0.2, 0.25) is 0 Å². The van der Waals surface area contributed by atoms with Crippen molar-refractivity contribution in [2.45, 2.75) is 18.4 Å². The summed E-state index contributed by atoms with van der Waals surface area (Å²) in [5.41, 5.74) is 1.81. The van der Waals surface area contributed by atoms with Crippen LogP contribution in [0.15, 0.2) is 41.8 Å². The summed E-state index contributed by atoms with van der Waals surface area (Å²) in [6.07, 6.45) is 11.0. The van der Waals surface area contributed by atoms with Gasteiger partial charge in [0, 0.05) is 43.4 Å². The van der Waals surface area contributed by atoms with Crippen molar-refractivity contribution < 1.29 is 4.79 Å². The van der Waals surface area contributed by atoms with E-state index in [2.05, 4.69) is 46.4 Å². The Hall–Kier alpha value is -2.34. The van der Waals surface area contributed by atoms with Crippen molar-refractivity contribution in [3.05, 3.63) is 48.1 Å². The maximum Gasteiger partial charge on any atom is 0.270 e. The zero-order valence-corrected chi connectivity index (χ0v) is 14.1. The first-order valence-corrected chi connectivity index (χ1v) is 8.45. The van der Waals surface area contributed by atoms with Gasteiger partial charge in [-0.2, -0.15) is 0 Å². The number of H-pyrrole nitrogens is 1. The molecule has 1 aromatic rings. The van der Waals surface area contributed by atoms with Crippen molar-refractivity contribution in [3.8, 4) is 0 Å². The number of fused-ring (bicyclic) bond motifs is 1. The number of allylic oxidation sites excluding steroid dienone is 1. The molecule has 1 aromatic heterocycles. The third kappa shape index (κ3) is 2.57. The fraction of sp³-hybridized carbons (Fsp3) is 0.444. The van der Waals surface area contributed by atoms with Crippen LogP contribution in [0.5, 0.6) is 0 Å². The lowest BCUT2D eigenvalue weighted by atomic mass is 9.86. The van der Waals surface area contributed by atoms with Gasteiger partial charge in [0.1, 0.15) is 11.5 Å². The molecule has 0 saturated carbocycles. The highest BCUT2D eigenvalue weighted by molar-refractivity contribution is 5.94. The van der Waals surface area contributed by atoms with Gasteiger partial charge in [-0.1, -0.05) is 12.2 Å². The normalized spacial score (nSPS) is 28.2. The van der Waals surface area contributed by atoms with Crippen molar-refractivity contribution >= 4 is 11.7 Å². The first kappa shape index (κ1) is 15.2. The molecule has 6 heteroatoms. The van der Waals surface area contributed by atoms with Gasteiger partial charge in [-0.3, -0.25) is 4.79 Å². The Labute approximate surface area is 141 Å². The number of nitrogens with one attached hydrogen (secondary N) is 2. The quantitative estimate of drug-likeness (QED) is 0.886. The third-order valence-corrected chi connectivity index (χ3v) is 5.25. The van der Waals surface area contributed by atoms with Crippen LogP contribution >= 0.6 is 0 Å². The van der Waals surface area contributed by atoms with Gasteiger partial charge in [-0.15, -0.1) is 0 Å². The van der Waals surface area contributed by atoms with E-state index < -0.39 is 0 Å². The first-order chi connectivity index (χ1) is 11.6. The van der Waals surface area contributed by atoms with Crippen LogP contribution < -0.4 is 5.32 Å². The lowest BCUT2D eigenvalue weighted by Crippen LogP contribution is -2.34. The number of aromatic amines is 1. The van der Waals surface area contributed by atoms with Gasteiger partial charge in [-0.05, 0) is 38.3 Å². The van der Waals surface area contributed by atoms with E-state index in [4.69, 9.17) is 0 Å². The molecule has 3 aliphatic heterocycles. The summed E-state index contributed by atoms with van der Waals surface area (Å²) in [6.45, 7) is 1.63. The Morgan fingerprint density at radius 3 is 3.00 bits per heavy atom. The lowest BCUT2D eigenvalue weighted by molar-refractivity contribution is 0.0778. The van der Waals surface area contributed by atoms with E-state index in [1.807, 2.05) is 29.6 Å². The van der Waals surface area contributed by atoms with E-state index in [-0.39, 0.29) is 17.7 Å². The summed E-state index contributed by atoms with van der Waals surface area (Å²) in [5.74, 6) is 1.53. The van der Waals surface area contributed by atoms with Crippen LogP contribution in [0.1, 0.15) is 28.4 Å². The standard InChI is InChI=1S/C18H23N5O/c1-22(2)13-5-8-23(11-13)18(24)16-9-12(10-21-16)14-3-6-19-17-15(14)4-7-20-17/h3-4,6-7,9-10,13-15,21H,5,8,11H2,1-2H3,(H,19,20). The highest BCUT2D eigenvalue weighted by atomic mass is 16.2. The zero-order chi connectivity index (χ0) is 16.7. The number of rotatable bonds is 3. The number of nitrogens with zero attached hydrogens (tertiary/aromatic N) is 3. The molecule has 2 N–H and O–H groups in total. The van der Waals surface area contributed by atoms with E-state index in [9.17, 15) is 4.79 Å². The second-order valence-electron chi connectivity index (χ2n) is 6.91. The SMILES string of the molecule is CN(C)C1CCN(C(=O)c2cc(C3C=CN=C4NC=CC43)c[nH]2)C1. The molecule has 0 spiro atoms. The van der Waals surface area contributed by atoms with Gasteiger partial charge >= 0.3 is 0 Å². The zero-order valence-electron chi connectivity index (χ0n) is 14.1. The van der Waals surface area contributed by atoms with Gasteiger partial charge in [-0.25, -0.2) is 4.99 Å². The summed E-state index contributed by atoms with van der Waals surface area (Å²) in [5, 5.41) is 3.18. The summed E-state index contributed by atoms with van der Waals surface area (Å²) in [6, 6.07) is 2.45. The van der Waals surface area contributed by atoms with Crippen LogP contribution in [0.25, 0.3) is 0 Å². The van der Waals surface area contributed by atoms with Gasteiger partial charge in [0.05, 0.1) is 0 Å². The van der Waals surface area contributed by atoms with Crippen LogP contribution in [0.4, 0.5) is 0 Å². The molecule has 0 bridgehead atoms. The molecule has 0 radical (unpaired) electrons. The molecule has 4 heterocycles. The maximum atomic E-state index is 12.7. The Kier molecular flexibility index (Phi) is 3.76. The van der Waals surface area contributed by atoms with E-state index in [1.54, 1.807) is 0 Å². The van der Waals surface area contributed by atoms with Gasteiger partial charge in [0.15, 0.2) is 0 Å². The predicted octanol–water partition coefficient (Wildman–Crippen LogP) is 1.53. The highest BCUT2D eigenvalue weighted by Gasteiger charge is 2.31. The number of carbonyl (C=O) groups excluding carboxylic acids is 1. The van der Waals surface area contributed by atoms with Crippen molar-refractivity contribution in [1.82, 2.24) is 20.1 Å². The minimum absolute atomic E-state index is 0.0966. The van der Waals surface area contributed by atoms with Crippen LogP contribution in [0, 0.1) is 5.92 Å². The number of likely N-dealkylation sites (N-methyl/N-ethyl adjacent to an activating group) is 1. The monoisotopic (exact) mass is 325 g/mol. The molecule has 24 heavy (non-hydrogen) atoms. The average molecular weight is 325 g/mol. The number of aliphatic imine (C=N–C) groups is 1. The predicted molar refractivity (Wildman–Crippen MR) is 93.9 cm³/mol. The van der Waals surface area contributed by atoms with E-state index in [1.165, 1.54) is 0 Å². The second kappa shape index (κ2) is 5.94. The summed E-state index contributed by atoms with van der Waals surface area (Å²) in [7, 11) is 4.15. The van der Waals surface area contributed by atoms with Gasteiger partial charge < -0.3 is 20.1 Å². The summed E-state index contributed by atoms with van der Waals surface area (Å²) >= 11 is 0. The maximum absolute atomic E-state index is 12.7. The Bertz CT molecular complexity index is 730. The number of likely N-dealkylation sites (tertiary alicyclic amines) is 1. The Morgan fingerprint density at radius 1 is 1.33 bits per heavy atom. The summed E-state index contributed by atoms with van der Waals surface area (Å²) in [4.78, 5) is 24.4. The fourth-order valence-corrected chi connectivity index (χ4v) is 3.74. The molecule has 1 saturated heterocycles. The molecular weight excluding hydrogens is 302 g/mol. The van der Waals surface area contributed by atoms with Crippen molar-refractivity contribution in [2.24, 2.45) is 10.9 Å². The molecule has 6 nitrogen and oxygen atoms in total. The number of hydrogen-bond acceptors (Lipinski definition) is 4. The molecule has 3 unspecified atom stereocenters. The van der Waals surface area contributed by atoms with E-state index in [0.29, 0.717) is 11.7 Å². The topological polar surface area (TPSA) is 63.7 Å². The van der Waals surface area contributed by atoms with Gasteiger partial charge in [0.2, 0.25) is 0 Å². The molecule has 1 amide bonds. The Balaban J connectivity index is 1.49. The van der Waals surface area contributed by atoms with Crippen LogP contribution in [0.3, 0.4) is 0 Å². The minimum Gasteiger partial charge on any atom is -0.357 e. The molecular formula is C18H23N5O. The molecule has 0 aromatic carbocycles. The number of carbonyl (C=O) groups is 1. The minimum atomic E-state index is 0.0966. The Morgan fingerprint density at radius 2 is 2.21 bits per heavy atom. The first-order valence-electron chi connectivity index (χ1n) is 8.45. The van der Waals surface area contributed by atoms with E-state index in [0.717, 1.165) is 30.9 Å².